The highest BCUT2D eigenvalue weighted by molar-refractivity contribution is 5.76. The van der Waals surface area contributed by atoms with E-state index in [9.17, 15) is 9.90 Å². The molecule has 0 aromatic rings. The highest BCUT2D eigenvalue weighted by Gasteiger charge is 2.16. The number of carbonyl (C=O) groups excluding carboxylic acids is 1. The Labute approximate surface area is 123 Å². The fourth-order valence-electron chi connectivity index (χ4n) is 2.63. The lowest BCUT2D eigenvalue weighted by atomic mass is 9.96. The van der Waals surface area contributed by atoms with E-state index in [1.807, 2.05) is 0 Å². The Kier molecular flexibility index (Phi) is 8.86. The van der Waals surface area contributed by atoms with Gasteiger partial charge in [-0.15, -0.1) is 0 Å². The van der Waals surface area contributed by atoms with E-state index in [2.05, 4.69) is 19.2 Å². The molecule has 0 radical (unpaired) electrons. The van der Waals surface area contributed by atoms with Crippen LogP contribution in [-0.4, -0.2) is 36.9 Å². The quantitative estimate of drug-likeness (QED) is 0.674. The maximum atomic E-state index is 11.8. The lowest BCUT2D eigenvalue weighted by molar-refractivity contribution is -0.122. The molecule has 1 amide bonds. The summed E-state index contributed by atoms with van der Waals surface area (Å²) in [4.78, 5) is 11.8. The molecule has 0 aromatic heterocycles. The molecule has 0 heterocycles. The van der Waals surface area contributed by atoms with Crippen LogP contribution in [0.3, 0.4) is 0 Å². The molecule has 4 heteroatoms. The van der Waals surface area contributed by atoms with Gasteiger partial charge in [-0.3, -0.25) is 4.79 Å². The first kappa shape index (κ1) is 17.4. The van der Waals surface area contributed by atoms with Gasteiger partial charge in [-0.05, 0) is 24.7 Å². The Morgan fingerprint density at radius 3 is 2.45 bits per heavy atom. The van der Waals surface area contributed by atoms with E-state index in [-0.39, 0.29) is 5.91 Å². The molecule has 20 heavy (non-hydrogen) atoms. The van der Waals surface area contributed by atoms with Crippen molar-refractivity contribution >= 4 is 5.91 Å². The smallest absolute Gasteiger partial charge is 0.220 e. The standard InChI is InChI=1S/C16H31NO3/c1-13(2)11-20-12-15(18)10-17-16(19)9-14-7-5-3-4-6-8-14/h13-15,18H,3-12H2,1-2H3,(H,17,19). The predicted molar refractivity (Wildman–Crippen MR) is 80.5 cm³/mol. The van der Waals surface area contributed by atoms with Crippen LogP contribution in [0, 0.1) is 11.8 Å². The van der Waals surface area contributed by atoms with Crippen LogP contribution in [0.25, 0.3) is 0 Å². The van der Waals surface area contributed by atoms with Crippen molar-refractivity contribution in [1.82, 2.24) is 5.32 Å². The maximum absolute atomic E-state index is 11.8. The normalized spacial score (nSPS) is 18.8. The van der Waals surface area contributed by atoms with Crippen LogP contribution in [0.2, 0.25) is 0 Å². The summed E-state index contributed by atoms with van der Waals surface area (Å²) in [6.07, 6.45) is 7.48. The predicted octanol–water partition coefficient (Wildman–Crippen LogP) is 2.50. The van der Waals surface area contributed by atoms with E-state index in [0.29, 0.717) is 38.0 Å². The zero-order valence-electron chi connectivity index (χ0n) is 13.1. The summed E-state index contributed by atoms with van der Waals surface area (Å²) in [5, 5.41) is 12.5. The monoisotopic (exact) mass is 285 g/mol. The van der Waals surface area contributed by atoms with Crippen LogP contribution in [-0.2, 0) is 9.53 Å². The summed E-state index contributed by atoms with van der Waals surface area (Å²) in [7, 11) is 0. The van der Waals surface area contributed by atoms with Crippen molar-refractivity contribution in [2.45, 2.75) is 64.9 Å². The molecular formula is C16H31NO3. The molecule has 1 aliphatic carbocycles. The Morgan fingerprint density at radius 1 is 1.20 bits per heavy atom. The highest BCUT2D eigenvalue weighted by atomic mass is 16.5. The van der Waals surface area contributed by atoms with Crippen molar-refractivity contribution in [3.05, 3.63) is 0 Å². The fourth-order valence-corrected chi connectivity index (χ4v) is 2.63. The molecule has 1 fully saturated rings. The van der Waals surface area contributed by atoms with Crippen molar-refractivity contribution in [3.63, 3.8) is 0 Å². The number of aliphatic hydroxyl groups is 1. The minimum atomic E-state index is -0.605. The lowest BCUT2D eigenvalue weighted by Gasteiger charge is -2.16. The van der Waals surface area contributed by atoms with E-state index < -0.39 is 6.10 Å². The van der Waals surface area contributed by atoms with Gasteiger partial charge < -0.3 is 15.2 Å². The third-order valence-electron chi connectivity index (χ3n) is 3.75. The second kappa shape index (κ2) is 10.2. The third kappa shape index (κ3) is 8.54. The first-order chi connectivity index (χ1) is 9.58. The molecule has 0 spiro atoms. The number of rotatable bonds is 8. The van der Waals surface area contributed by atoms with E-state index in [1.165, 1.54) is 38.5 Å². The van der Waals surface area contributed by atoms with Gasteiger partial charge in [0.15, 0.2) is 0 Å². The molecular weight excluding hydrogens is 254 g/mol. The first-order valence-corrected chi connectivity index (χ1v) is 8.10. The number of hydrogen-bond donors (Lipinski definition) is 2. The van der Waals surface area contributed by atoms with Gasteiger partial charge in [-0.2, -0.15) is 0 Å². The molecule has 1 unspecified atom stereocenters. The van der Waals surface area contributed by atoms with Gasteiger partial charge >= 0.3 is 0 Å². The van der Waals surface area contributed by atoms with Crippen molar-refractivity contribution in [2.75, 3.05) is 19.8 Å². The second-order valence-electron chi connectivity index (χ2n) is 6.45. The van der Waals surface area contributed by atoms with Crippen molar-refractivity contribution < 1.29 is 14.6 Å². The molecule has 0 saturated heterocycles. The second-order valence-corrected chi connectivity index (χ2v) is 6.45. The summed E-state index contributed by atoms with van der Waals surface area (Å²) in [6, 6.07) is 0. The number of amides is 1. The first-order valence-electron chi connectivity index (χ1n) is 8.10. The number of ether oxygens (including phenoxy) is 1. The third-order valence-corrected chi connectivity index (χ3v) is 3.75. The van der Waals surface area contributed by atoms with Crippen molar-refractivity contribution in [2.24, 2.45) is 11.8 Å². The van der Waals surface area contributed by atoms with Gasteiger partial charge in [0.05, 0.1) is 12.7 Å². The highest BCUT2D eigenvalue weighted by Crippen LogP contribution is 2.25. The topological polar surface area (TPSA) is 58.6 Å². The zero-order chi connectivity index (χ0) is 14.8. The van der Waals surface area contributed by atoms with Gasteiger partial charge in [-0.25, -0.2) is 0 Å². The minimum absolute atomic E-state index is 0.0693. The Balaban J connectivity index is 2.09. The molecule has 0 bridgehead atoms. The van der Waals surface area contributed by atoms with E-state index in [0.717, 1.165) is 0 Å². The summed E-state index contributed by atoms with van der Waals surface area (Å²) >= 11 is 0. The molecule has 1 saturated carbocycles. The van der Waals surface area contributed by atoms with E-state index >= 15 is 0 Å². The molecule has 4 nitrogen and oxygen atoms in total. The number of carbonyl (C=O) groups is 1. The Bertz CT molecular complexity index is 260. The number of aliphatic hydroxyl groups excluding tert-OH is 1. The molecule has 1 rings (SSSR count). The van der Waals surface area contributed by atoms with E-state index in [4.69, 9.17) is 4.74 Å². The summed E-state index contributed by atoms with van der Waals surface area (Å²) in [5.41, 5.74) is 0. The SMILES string of the molecule is CC(C)COCC(O)CNC(=O)CC1CCCCCC1. The van der Waals surface area contributed by atoms with Crippen LogP contribution < -0.4 is 5.32 Å². The molecule has 1 atom stereocenters. The summed E-state index contributed by atoms with van der Waals surface area (Å²) in [5.74, 6) is 1.07. The fraction of sp³-hybridized carbons (Fsp3) is 0.938. The summed E-state index contributed by atoms with van der Waals surface area (Å²) < 4.78 is 5.35. The summed E-state index contributed by atoms with van der Waals surface area (Å²) in [6.45, 7) is 5.38. The van der Waals surface area contributed by atoms with Crippen LogP contribution >= 0.6 is 0 Å². The lowest BCUT2D eigenvalue weighted by Crippen LogP contribution is -2.35. The van der Waals surface area contributed by atoms with Gasteiger partial charge in [0.2, 0.25) is 5.91 Å². The average Bonchev–Trinajstić information content (AvgIpc) is 2.64. The maximum Gasteiger partial charge on any atom is 0.220 e. The number of hydrogen-bond acceptors (Lipinski definition) is 3. The van der Waals surface area contributed by atoms with Crippen molar-refractivity contribution in [1.29, 1.82) is 0 Å². The minimum Gasteiger partial charge on any atom is -0.389 e. The van der Waals surface area contributed by atoms with Crippen molar-refractivity contribution in [3.8, 4) is 0 Å². The molecule has 1 aliphatic rings. The molecule has 118 valence electrons. The zero-order valence-corrected chi connectivity index (χ0v) is 13.1. The van der Waals surface area contributed by atoms with Crippen LogP contribution in [0.1, 0.15) is 58.8 Å². The molecule has 0 aromatic carbocycles. The van der Waals surface area contributed by atoms with Gasteiger partial charge in [0.25, 0.3) is 0 Å². The van der Waals surface area contributed by atoms with Gasteiger partial charge in [-0.1, -0.05) is 39.5 Å². The van der Waals surface area contributed by atoms with E-state index in [1.54, 1.807) is 0 Å². The average molecular weight is 285 g/mol. The Hall–Kier alpha value is -0.610. The van der Waals surface area contributed by atoms with Gasteiger partial charge in [0.1, 0.15) is 0 Å². The van der Waals surface area contributed by atoms with Gasteiger partial charge in [0, 0.05) is 19.6 Å². The van der Waals surface area contributed by atoms with Crippen LogP contribution in [0.15, 0.2) is 0 Å². The largest absolute Gasteiger partial charge is 0.389 e. The molecule has 0 aliphatic heterocycles. The van der Waals surface area contributed by atoms with Crippen LogP contribution in [0.5, 0.6) is 0 Å². The molecule has 2 N–H and O–H groups in total. The Morgan fingerprint density at radius 2 is 1.85 bits per heavy atom. The van der Waals surface area contributed by atoms with Crippen LogP contribution in [0.4, 0.5) is 0 Å². The number of nitrogens with one attached hydrogen (secondary N) is 1.